The Morgan fingerprint density at radius 3 is 2.16 bits per heavy atom. The van der Waals surface area contributed by atoms with E-state index < -0.39 is 34.3 Å². The predicted molar refractivity (Wildman–Crippen MR) is 165 cm³/mol. The van der Waals surface area contributed by atoms with Crippen molar-refractivity contribution < 1.29 is 27.1 Å². The minimum Gasteiger partial charge on any atom is -0.497 e. The Labute approximate surface area is 261 Å². The monoisotopic (exact) mass is 649 g/mol. The average molecular weight is 651 g/mol. The Bertz CT molecular complexity index is 1510. The van der Waals surface area contributed by atoms with E-state index in [-0.39, 0.29) is 35.5 Å². The van der Waals surface area contributed by atoms with Gasteiger partial charge in [-0.3, -0.25) is 13.9 Å². The lowest BCUT2D eigenvalue weighted by atomic mass is 10.1. The third kappa shape index (κ3) is 7.79. The van der Waals surface area contributed by atoms with E-state index in [2.05, 4.69) is 5.32 Å². The summed E-state index contributed by atoms with van der Waals surface area (Å²) < 4.78 is 47.8. The van der Waals surface area contributed by atoms with Crippen molar-refractivity contribution in [1.29, 1.82) is 0 Å². The van der Waals surface area contributed by atoms with Gasteiger partial charge in [0.1, 0.15) is 24.2 Å². The fourth-order valence-electron chi connectivity index (χ4n) is 5.15. The van der Waals surface area contributed by atoms with E-state index in [1.807, 2.05) is 0 Å². The molecule has 1 N–H and O–H groups in total. The van der Waals surface area contributed by atoms with Gasteiger partial charge in [0.2, 0.25) is 11.8 Å². The summed E-state index contributed by atoms with van der Waals surface area (Å²) in [7, 11) is -2.87. The molecule has 1 saturated carbocycles. The van der Waals surface area contributed by atoms with Gasteiger partial charge < -0.3 is 15.0 Å². The number of ether oxygens (including phenoxy) is 1. The summed E-state index contributed by atoms with van der Waals surface area (Å²) in [6.07, 6.45) is 3.98. The van der Waals surface area contributed by atoms with E-state index in [0.29, 0.717) is 21.4 Å². The Hall–Kier alpha value is -3.34. The number of nitrogens with zero attached hydrogens (tertiary/aromatic N) is 2. The second-order valence-electron chi connectivity index (χ2n) is 10.3. The highest BCUT2D eigenvalue weighted by Crippen LogP contribution is 2.29. The number of anilines is 1. The van der Waals surface area contributed by atoms with Gasteiger partial charge in [0, 0.05) is 28.2 Å². The summed E-state index contributed by atoms with van der Waals surface area (Å²) in [5.74, 6) is -1.12. The second-order valence-corrected chi connectivity index (χ2v) is 13.0. The molecule has 1 aliphatic carbocycles. The molecule has 1 aliphatic rings. The van der Waals surface area contributed by atoms with E-state index in [0.717, 1.165) is 42.1 Å². The molecule has 0 spiro atoms. The van der Waals surface area contributed by atoms with Crippen LogP contribution >= 0.6 is 23.2 Å². The second kappa shape index (κ2) is 14.4. The Morgan fingerprint density at radius 2 is 1.60 bits per heavy atom. The number of rotatable bonds is 12. The zero-order valence-electron chi connectivity index (χ0n) is 23.9. The average Bonchev–Trinajstić information content (AvgIpc) is 3.50. The summed E-state index contributed by atoms with van der Waals surface area (Å²) in [6.45, 7) is 0.974. The predicted octanol–water partition coefficient (Wildman–Crippen LogP) is 6.20. The number of hydrogen-bond acceptors (Lipinski definition) is 5. The van der Waals surface area contributed by atoms with Crippen LogP contribution in [0.2, 0.25) is 10.0 Å². The van der Waals surface area contributed by atoms with Gasteiger partial charge in [0.25, 0.3) is 10.0 Å². The largest absolute Gasteiger partial charge is 0.497 e. The Balaban J connectivity index is 1.74. The summed E-state index contributed by atoms with van der Waals surface area (Å²) in [5.41, 5.74) is 0.502. The number of sulfonamides is 1. The smallest absolute Gasteiger partial charge is 0.264 e. The molecule has 230 valence electrons. The van der Waals surface area contributed by atoms with Gasteiger partial charge in [-0.1, -0.05) is 49.0 Å². The molecule has 1 unspecified atom stereocenters. The van der Waals surface area contributed by atoms with E-state index >= 15 is 0 Å². The molecule has 4 rings (SSSR count). The van der Waals surface area contributed by atoms with Crippen LogP contribution in [0.4, 0.5) is 10.1 Å². The molecule has 3 aromatic carbocycles. The van der Waals surface area contributed by atoms with Gasteiger partial charge in [-0.15, -0.1) is 0 Å². The summed E-state index contributed by atoms with van der Waals surface area (Å²) in [6, 6.07) is 14.5. The van der Waals surface area contributed by atoms with Crippen LogP contribution in [0.25, 0.3) is 0 Å². The van der Waals surface area contributed by atoms with Crippen molar-refractivity contribution in [1.82, 2.24) is 10.2 Å². The van der Waals surface area contributed by atoms with Crippen LogP contribution < -0.4 is 14.4 Å². The molecule has 0 aliphatic heterocycles. The van der Waals surface area contributed by atoms with Gasteiger partial charge in [-0.25, -0.2) is 12.8 Å². The number of carbonyl (C=O) groups is 2. The standard InChI is InChI=1S/C31H34Cl2FN3O5S/c1-3-29(31(39)35-22-7-4-5-8-22)36(19-26-27(32)9-6-10-28(26)33)30(38)20-37(23-13-11-21(34)12-14-23)43(40,41)25-17-15-24(42-2)16-18-25/h6,9-18,22,29H,3-5,7-8,19-20H2,1-2H3,(H,35,39). The summed E-state index contributed by atoms with van der Waals surface area (Å²) in [4.78, 5) is 29.0. The molecule has 0 bridgehead atoms. The number of nitrogens with one attached hydrogen (secondary N) is 1. The molecule has 43 heavy (non-hydrogen) atoms. The third-order valence-electron chi connectivity index (χ3n) is 7.52. The first-order chi connectivity index (χ1) is 20.5. The van der Waals surface area contributed by atoms with Crippen LogP contribution in [0, 0.1) is 5.82 Å². The van der Waals surface area contributed by atoms with Crippen molar-refractivity contribution in [3.8, 4) is 5.75 Å². The molecule has 8 nitrogen and oxygen atoms in total. The maximum Gasteiger partial charge on any atom is 0.264 e. The number of carbonyl (C=O) groups excluding carboxylic acids is 2. The highest BCUT2D eigenvalue weighted by molar-refractivity contribution is 7.92. The lowest BCUT2D eigenvalue weighted by Crippen LogP contribution is -2.53. The van der Waals surface area contributed by atoms with E-state index in [9.17, 15) is 22.4 Å². The molecule has 0 heterocycles. The number of amides is 2. The molecule has 12 heteroatoms. The van der Waals surface area contributed by atoms with Crippen molar-refractivity contribution in [2.45, 2.75) is 62.6 Å². The number of methoxy groups -OCH3 is 1. The van der Waals surface area contributed by atoms with Crippen LogP contribution in [0.1, 0.15) is 44.6 Å². The Morgan fingerprint density at radius 1 is 1.00 bits per heavy atom. The number of halogens is 3. The van der Waals surface area contributed by atoms with Crippen LogP contribution in [-0.2, 0) is 26.2 Å². The lowest BCUT2D eigenvalue weighted by molar-refractivity contribution is -0.140. The Kier molecular flexibility index (Phi) is 10.9. The normalized spacial score (nSPS) is 14.3. The molecule has 2 amide bonds. The van der Waals surface area contributed by atoms with Crippen molar-refractivity contribution >= 4 is 50.7 Å². The maximum atomic E-state index is 14.2. The number of hydrogen-bond donors (Lipinski definition) is 1. The first kappa shape index (κ1) is 32.6. The summed E-state index contributed by atoms with van der Waals surface area (Å²) >= 11 is 12.9. The van der Waals surface area contributed by atoms with Crippen LogP contribution in [0.15, 0.2) is 71.6 Å². The van der Waals surface area contributed by atoms with Crippen molar-refractivity contribution in [3.63, 3.8) is 0 Å². The molecule has 0 saturated heterocycles. The van der Waals surface area contributed by atoms with E-state index in [4.69, 9.17) is 27.9 Å². The molecular formula is C31H34Cl2FN3O5S. The van der Waals surface area contributed by atoms with E-state index in [1.54, 1.807) is 25.1 Å². The zero-order valence-corrected chi connectivity index (χ0v) is 26.3. The molecule has 1 fully saturated rings. The lowest BCUT2D eigenvalue weighted by Gasteiger charge is -2.34. The SMILES string of the molecule is CCC(C(=O)NC1CCCC1)N(Cc1c(Cl)cccc1Cl)C(=O)CN(c1ccc(F)cc1)S(=O)(=O)c1ccc(OC)cc1. The summed E-state index contributed by atoms with van der Waals surface area (Å²) in [5, 5.41) is 3.66. The molecule has 0 radical (unpaired) electrons. The fraction of sp³-hybridized carbons (Fsp3) is 0.355. The highest BCUT2D eigenvalue weighted by atomic mass is 35.5. The van der Waals surface area contributed by atoms with Crippen molar-refractivity contribution in [2.24, 2.45) is 0 Å². The quantitative estimate of drug-likeness (QED) is 0.252. The number of benzene rings is 3. The molecule has 3 aromatic rings. The van der Waals surface area contributed by atoms with Gasteiger partial charge in [-0.2, -0.15) is 0 Å². The van der Waals surface area contributed by atoms with Gasteiger partial charge >= 0.3 is 0 Å². The molecule has 1 atom stereocenters. The first-order valence-electron chi connectivity index (χ1n) is 14.0. The highest BCUT2D eigenvalue weighted by Gasteiger charge is 2.35. The topological polar surface area (TPSA) is 96.0 Å². The minimum absolute atomic E-state index is 0.00793. The van der Waals surface area contributed by atoms with Gasteiger partial charge in [0.15, 0.2) is 0 Å². The van der Waals surface area contributed by atoms with Crippen LogP contribution in [0.5, 0.6) is 5.75 Å². The molecule has 0 aromatic heterocycles. The van der Waals surface area contributed by atoms with Gasteiger partial charge in [0.05, 0.1) is 17.7 Å². The maximum absolute atomic E-state index is 14.2. The zero-order chi connectivity index (χ0) is 31.1. The molecular weight excluding hydrogens is 616 g/mol. The van der Waals surface area contributed by atoms with Crippen molar-refractivity contribution in [2.75, 3.05) is 18.0 Å². The third-order valence-corrected chi connectivity index (χ3v) is 10.0. The van der Waals surface area contributed by atoms with Crippen LogP contribution in [-0.4, -0.2) is 50.9 Å². The van der Waals surface area contributed by atoms with Gasteiger partial charge in [-0.05, 0) is 79.9 Å². The van der Waals surface area contributed by atoms with Crippen LogP contribution in [0.3, 0.4) is 0 Å². The fourth-order valence-corrected chi connectivity index (χ4v) is 7.08. The van der Waals surface area contributed by atoms with Crippen molar-refractivity contribution in [3.05, 3.63) is 88.2 Å². The van der Waals surface area contributed by atoms with E-state index in [1.165, 1.54) is 48.4 Å². The first-order valence-corrected chi connectivity index (χ1v) is 16.2. The minimum atomic E-state index is -4.33.